The molecule has 2 heterocycles. The highest BCUT2D eigenvalue weighted by molar-refractivity contribution is 5.98. The summed E-state index contributed by atoms with van der Waals surface area (Å²) in [6, 6.07) is 6.02. The van der Waals surface area contributed by atoms with Gasteiger partial charge in [0.25, 0.3) is 5.91 Å². The lowest BCUT2D eigenvalue weighted by Crippen LogP contribution is -2.47. The molecule has 114 valence electrons. The SMILES string of the molecule is Cc1cc(Oc2ccc3c(c2)CC(N)C(=O)N3O)nc(C)n1. The summed E-state index contributed by atoms with van der Waals surface area (Å²) in [4.78, 5) is 20.0. The maximum absolute atomic E-state index is 11.6. The number of anilines is 1. The molecule has 1 aromatic carbocycles. The van der Waals surface area contributed by atoms with Gasteiger partial charge in [0.2, 0.25) is 5.88 Å². The first-order chi connectivity index (χ1) is 10.4. The van der Waals surface area contributed by atoms with Crippen molar-refractivity contribution in [1.29, 1.82) is 0 Å². The van der Waals surface area contributed by atoms with Crippen LogP contribution in [0.4, 0.5) is 5.69 Å². The standard InChI is InChI=1S/C15H16N4O3/c1-8-5-14(18-9(2)17-8)22-11-3-4-13-10(6-11)7-12(16)15(20)19(13)21/h3-6,12,21H,7,16H2,1-2H3. The van der Waals surface area contributed by atoms with Gasteiger partial charge in [0.15, 0.2) is 0 Å². The predicted octanol–water partition coefficient (Wildman–Crippen LogP) is 1.49. The number of fused-ring (bicyclic) bond motifs is 1. The van der Waals surface area contributed by atoms with Gasteiger partial charge >= 0.3 is 0 Å². The Morgan fingerprint density at radius 3 is 2.82 bits per heavy atom. The molecule has 1 aliphatic heterocycles. The van der Waals surface area contributed by atoms with Crippen LogP contribution in [0.15, 0.2) is 24.3 Å². The number of nitrogens with zero attached hydrogens (tertiary/aromatic N) is 3. The molecule has 0 aliphatic carbocycles. The van der Waals surface area contributed by atoms with Crippen molar-refractivity contribution in [2.45, 2.75) is 26.3 Å². The van der Waals surface area contributed by atoms with Crippen molar-refractivity contribution >= 4 is 11.6 Å². The number of aromatic nitrogens is 2. The van der Waals surface area contributed by atoms with Gasteiger partial charge in [0.1, 0.15) is 11.6 Å². The molecule has 1 atom stereocenters. The molecule has 2 aromatic rings. The predicted molar refractivity (Wildman–Crippen MR) is 79.0 cm³/mol. The molecule has 7 heteroatoms. The van der Waals surface area contributed by atoms with Gasteiger partial charge in [-0.2, -0.15) is 10.0 Å². The van der Waals surface area contributed by atoms with Gasteiger partial charge in [-0.25, -0.2) is 4.98 Å². The minimum absolute atomic E-state index is 0.351. The van der Waals surface area contributed by atoms with Crippen molar-refractivity contribution in [2.75, 3.05) is 5.06 Å². The van der Waals surface area contributed by atoms with Crippen LogP contribution in [0.2, 0.25) is 0 Å². The molecular weight excluding hydrogens is 284 g/mol. The smallest absolute Gasteiger partial charge is 0.267 e. The molecule has 1 aliphatic rings. The van der Waals surface area contributed by atoms with Gasteiger partial charge in [-0.3, -0.25) is 10.0 Å². The third-order valence-electron chi connectivity index (χ3n) is 3.41. The van der Waals surface area contributed by atoms with E-state index in [1.807, 2.05) is 6.92 Å². The van der Waals surface area contributed by atoms with E-state index in [9.17, 15) is 10.0 Å². The van der Waals surface area contributed by atoms with Crippen LogP contribution in [0.1, 0.15) is 17.1 Å². The van der Waals surface area contributed by atoms with Gasteiger partial charge in [-0.05, 0) is 44.0 Å². The number of hydrogen-bond acceptors (Lipinski definition) is 6. The maximum Gasteiger partial charge on any atom is 0.267 e. The number of ether oxygens (including phenoxy) is 1. The second-order valence-electron chi connectivity index (χ2n) is 5.25. The number of carbonyl (C=O) groups is 1. The van der Waals surface area contributed by atoms with Gasteiger partial charge in [-0.15, -0.1) is 0 Å². The summed E-state index contributed by atoms with van der Waals surface area (Å²) in [6.07, 6.45) is 0.351. The number of nitrogens with two attached hydrogens (primary N) is 1. The average molecular weight is 300 g/mol. The van der Waals surface area contributed by atoms with Crippen molar-refractivity contribution in [3.05, 3.63) is 41.3 Å². The maximum atomic E-state index is 11.6. The van der Waals surface area contributed by atoms with Gasteiger partial charge in [0.05, 0.1) is 11.7 Å². The summed E-state index contributed by atoms with van der Waals surface area (Å²) in [6.45, 7) is 3.66. The first-order valence-corrected chi connectivity index (χ1v) is 6.85. The van der Waals surface area contributed by atoms with E-state index in [4.69, 9.17) is 10.5 Å². The molecule has 22 heavy (non-hydrogen) atoms. The fourth-order valence-corrected chi connectivity index (χ4v) is 2.45. The molecule has 7 nitrogen and oxygen atoms in total. The molecule has 0 radical (unpaired) electrons. The molecule has 0 fully saturated rings. The third-order valence-corrected chi connectivity index (χ3v) is 3.41. The zero-order chi connectivity index (χ0) is 15.9. The Labute approximate surface area is 127 Å². The lowest BCUT2D eigenvalue weighted by molar-refractivity contribution is -0.125. The lowest BCUT2D eigenvalue weighted by Gasteiger charge is -2.27. The number of hydrogen-bond donors (Lipinski definition) is 2. The largest absolute Gasteiger partial charge is 0.439 e. The Balaban J connectivity index is 1.91. The lowest BCUT2D eigenvalue weighted by atomic mass is 9.99. The molecule has 1 aromatic heterocycles. The number of carbonyl (C=O) groups excluding carboxylic acids is 1. The number of hydroxylamine groups is 1. The van der Waals surface area contributed by atoms with Gasteiger partial charge in [-0.1, -0.05) is 0 Å². The number of rotatable bonds is 2. The number of benzene rings is 1. The quantitative estimate of drug-likeness (QED) is 0.815. The summed E-state index contributed by atoms with van der Waals surface area (Å²) in [5.41, 5.74) is 7.70. The fourth-order valence-electron chi connectivity index (χ4n) is 2.45. The first kappa shape index (κ1) is 14.4. The third kappa shape index (κ3) is 2.63. The van der Waals surface area contributed by atoms with Crippen molar-refractivity contribution in [3.8, 4) is 11.6 Å². The Kier molecular flexibility index (Phi) is 3.51. The van der Waals surface area contributed by atoms with Crippen molar-refractivity contribution in [1.82, 2.24) is 9.97 Å². The molecule has 0 bridgehead atoms. The molecule has 1 amide bonds. The van der Waals surface area contributed by atoms with Crippen LogP contribution in [0.3, 0.4) is 0 Å². The molecule has 3 rings (SSSR count). The Hall–Kier alpha value is -2.51. The fraction of sp³-hybridized carbons (Fsp3) is 0.267. The molecule has 3 N–H and O–H groups in total. The van der Waals surface area contributed by atoms with E-state index in [2.05, 4.69) is 9.97 Å². The van der Waals surface area contributed by atoms with E-state index in [1.165, 1.54) is 0 Å². The van der Waals surface area contributed by atoms with Crippen LogP contribution in [0, 0.1) is 13.8 Å². The van der Waals surface area contributed by atoms with Crippen LogP contribution in [-0.2, 0) is 11.2 Å². The van der Waals surface area contributed by atoms with E-state index in [0.717, 1.165) is 11.3 Å². The molecule has 0 spiro atoms. The zero-order valence-corrected chi connectivity index (χ0v) is 12.3. The number of aryl methyl sites for hydroxylation is 2. The molecule has 0 saturated heterocycles. The van der Waals surface area contributed by atoms with E-state index < -0.39 is 11.9 Å². The summed E-state index contributed by atoms with van der Waals surface area (Å²) in [5.74, 6) is 1.12. The van der Waals surface area contributed by atoms with Gasteiger partial charge in [0, 0.05) is 11.8 Å². The second-order valence-corrected chi connectivity index (χ2v) is 5.25. The molecule has 0 saturated carbocycles. The van der Waals surface area contributed by atoms with Crippen LogP contribution in [-0.4, -0.2) is 27.1 Å². The first-order valence-electron chi connectivity index (χ1n) is 6.85. The van der Waals surface area contributed by atoms with Crippen molar-refractivity contribution in [3.63, 3.8) is 0 Å². The summed E-state index contributed by atoms with van der Waals surface area (Å²) in [7, 11) is 0. The van der Waals surface area contributed by atoms with E-state index in [-0.39, 0.29) is 0 Å². The van der Waals surface area contributed by atoms with Gasteiger partial charge < -0.3 is 10.5 Å². The minimum atomic E-state index is -0.753. The normalized spacial score (nSPS) is 17.4. The van der Waals surface area contributed by atoms with Crippen molar-refractivity contribution in [2.24, 2.45) is 5.73 Å². The van der Waals surface area contributed by atoms with E-state index in [0.29, 0.717) is 34.6 Å². The number of amides is 1. The van der Waals surface area contributed by atoms with Crippen LogP contribution in [0.5, 0.6) is 11.6 Å². The Bertz CT molecular complexity index is 727. The van der Waals surface area contributed by atoms with Crippen molar-refractivity contribution < 1.29 is 14.7 Å². The average Bonchev–Trinajstić information content (AvgIpc) is 2.43. The monoisotopic (exact) mass is 300 g/mol. The summed E-state index contributed by atoms with van der Waals surface area (Å²) >= 11 is 0. The van der Waals surface area contributed by atoms with E-state index >= 15 is 0 Å². The summed E-state index contributed by atoms with van der Waals surface area (Å²) in [5, 5.41) is 10.4. The zero-order valence-electron chi connectivity index (χ0n) is 12.3. The minimum Gasteiger partial charge on any atom is -0.439 e. The van der Waals surface area contributed by atoms with E-state index in [1.54, 1.807) is 31.2 Å². The van der Waals surface area contributed by atoms with Crippen LogP contribution < -0.4 is 15.5 Å². The summed E-state index contributed by atoms with van der Waals surface area (Å²) < 4.78 is 5.73. The highest BCUT2D eigenvalue weighted by Crippen LogP contribution is 2.31. The Morgan fingerprint density at radius 2 is 2.09 bits per heavy atom. The molecular formula is C15H16N4O3. The Morgan fingerprint density at radius 1 is 1.32 bits per heavy atom. The molecule has 1 unspecified atom stereocenters. The second kappa shape index (κ2) is 5.36. The topological polar surface area (TPSA) is 102 Å². The highest BCUT2D eigenvalue weighted by Gasteiger charge is 2.29. The van der Waals surface area contributed by atoms with Crippen LogP contribution >= 0.6 is 0 Å². The van der Waals surface area contributed by atoms with Crippen LogP contribution in [0.25, 0.3) is 0 Å². The highest BCUT2D eigenvalue weighted by atomic mass is 16.5.